The molecular weight excluding hydrogens is 429 g/mol. The Labute approximate surface area is 199 Å². The van der Waals surface area contributed by atoms with Gasteiger partial charge in [0.15, 0.2) is 5.82 Å². The number of hydrogen-bond acceptors (Lipinski definition) is 5. The van der Waals surface area contributed by atoms with Gasteiger partial charge in [-0.05, 0) is 80.6 Å². The lowest BCUT2D eigenvalue weighted by Gasteiger charge is -2.19. The van der Waals surface area contributed by atoms with Crippen molar-refractivity contribution in [3.05, 3.63) is 77.1 Å². The minimum Gasteiger partial charge on any atom is -0.361 e. The van der Waals surface area contributed by atoms with Crippen molar-refractivity contribution in [3.8, 4) is 22.6 Å². The third kappa shape index (κ3) is 4.94. The van der Waals surface area contributed by atoms with Gasteiger partial charge in [-0.25, -0.2) is 4.39 Å². The second-order valence-corrected chi connectivity index (χ2v) is 9.11. The molecule has 0 spiro atoms. The van der Waals surface area contributed by atoms with Crippen molar-refractivity contribution in [3.63, 3.8) is 0 Å². The van der Waals surface area contributed by atoms with Crippen LogP contribution in [0.1, 0.15) is 35.6 Å². The molecule has 0 unspecified atom stereocenters. The fourth-order valence-electron chi connectivity index (χ4n) is 4.70. The van der Waals surface area contributed by atoms with Gasteiger partial charge in [0.25, 0.3) is 0 Å². The van der Waals surface area contributed by atoms with E-state index >= 15 is 0 Å². The van der Waals surface area contributed by atoms with Gasteiger partial charge < -0.3 is 14.0 Å². The molecule has 5 rings (SSSR count). The second kappa shape index (κ2) is 9.89. The van der Waals surface area contributed by atoms with Crippen molar-refractivity contribution >= 4 is 0 Å². The highest BCUT2D eigenvalue weighted by molar-refractivity contribution is 5.61. The van der Waals surface area contributed by atoms with Gasteiger partial charge in [-0.1, -0.05) is 17.3 Å². The van der Waals surface area contributed by atoms with Crippen molar-refractivity contribution in [1.82, 2.24) is 24.8 Å². The average Bonchev–Trinajstić information content (AvgIpc) is 3.37. The molecule has 0 radical (unpaired) electrons. The number of aromatic nitrogens is 4. The molecule has 0 N–H and O–H groups in total. The van der Waals surface area contributed by atoms with Gasteiger partial charge in [0, 0.05) is 43.8 Å². The number of unbranched alkanes of at least 4 members (excludes halogenated alkanes) is 1. The van der Waals surface area contributed by atoms with Crippen LogP contribution in [0.5, 0.6) is 0 Å². The van der Waals surface area contributed by atoms with Crippen molar-refractivity contribution in [1.29, 1.82) is 0 Å². The summed E-state index contributed by atoms with van der Waals surface area (Å²) in [6.07, 6.45) is 5.22. The Kier molecular flexibility index (Phi) is 6.54. The summed E-state index contributed by atoms with van der Waals surface area (Å²) in [5, 5.41) is 12.9. The van der Waals surface area contributed by atoms with Crippen molar-refractivity contribution in [2.45, 2.75) is 39.0 Å². The van der Waals surface area contributed by atoms with Crippen LogP contribution < -0.4 is 0 Å². The third-order valence-corrected chi connectivity index (χ3v) is 6.72. The lowest BCUT2D eigenvalue weighted by molar-refractivity contribution is 0.281. The zero-order valence-corrected chi connectivity index (χ0v) is 19.8. The maximum Gasteiger partial charge on any atom is 0.163 e. The first-order chi connectivity index (χ1) is 16.6. The van der Waals surface area contributed by atoms with Gasteiger partial charge in [-0.2, -0.15) is 0 Å². The largest absolute Gasteiger partial charge is 0.361 e. The fraction of sp³-hybridized carbons (Fsp3) is 0.370. The van der Waals surface area contributed by atoms with Crippen LogP contribution in [-0.4, -0.2) is 44.5 Å². The van der Waals surface area contributed by atoms with E-state index in [1.54, 1.807) is 12.1 Å². The third-order valence-electron chi connectivity index (χ3n) is 6.72. The molecule has 0 fully saturated rings. The number of halogens is 1. The molecule has 1 aliphatic heterocycles. The Morgan fingerprint density at radius 3 is 2.44 bits per heavy atom. The molecule has 6 nitrogen and oxygen atoms in total. The van der Waals surface area contributed by atoms with Crippen LogP contribution in [0.2, 0.25) is 0 Å². The predicted molar refractivity (Wildman–Crippen MR) is 130 cm³/mol. The molecule has 0 amide bonds. The van der Waals surface area contributed by atoms with E-state index in [-0.39, 0.29) is 5.82 Å². The maximum absolute atomic E-state index is 13.2. The summed E-state index contributed by atoms with van der Waals surface area (Å²) >= 11 is 0. The molecule has 1 aliphatic rings. The number of benzene rings is 2. The van der Waals surface area contributed by atoms with Crippen LogP contribution >= 0.6 is 0 Å². The predicted octanol–water partition coefficient (Wildman–Crippen LogP) is 5.01. The summed E-state index contributed by atoms with van der Waals surface area (Å²) in [6, 6.07) is 15.1. The Balaban J connectivity index is 1.12. The highest BCUT2D eigenvalue weighted by atomic mass is 19.1. The van der Waals surface area contributed by atoms with Crippen LogP contribution in [0.25, 0.3) is 22.6 Å². The SMILES string of the molecule is Cc1cc(-c2ccc3c(c2)CCN(CCCCc2nnc(-c4ccc(F)cc4)n2C)CC3)no1. The van der Waals surface area contributed by atoms with Crippen LogP contribution in [0.3, 0.4) is 0 Å². The van der Waals surface area contributed by atoms with Gasteiger partial charge in [0.1, 0.15) is 23.1 Å². The first-order valence-electron chi connectivity index (χ1n) is 12.0. The lowest BCUT2D eigenvalue weighted by Crippen LogP contribution is -2.27. The normalized spacial score (nSPS) is 14.2. The lowest BCUT2D eigenvalue weighted by atomic mass is 9.99. The van der Waals surface area contributed by atoms with E-state index in [1.165, 1.54) is 23.3 Å². The minimum absolute atomic E-state index is 0.242. The summed E-state index contributed by atoms with van der Waals surface area (Å²) in [5.41, 5.74) is 5.79. The molecule has 176 valence electrons. The molecule has 4 aromatic rings. The minimum atomic E-state index is -0.242. The molecule has 0 saturated carbocycles. The van der Waals surface area contributed by atoms with E-state index in [0.717, 1.165) is 86.0 Å². The van der Waals surface area contributed by atoms with Crippen LogP contribution in [0.15, 0.2) is 53.1 Å². The maximum atomic E-state index is 13.2. The van der Waals surface area contributed by atoms with Crippen molar-refractivity contribution in [2.75, 3.05) is 19.6 Å². The van der Waals surface area contributed by atoms with E-state index in [9.17, 15) is 4.39 Å². The van der Waals surface area contributed by atoms with Crippen molar-refractivity contribution in [2.24, 2.45) is 7.05 Å². The van der Waals surface area contributed by atoms with Crippen molar-refractivity contribution < 1.29 is 8.91 Å². The standard InChI is InChI=1S/C27H30FN5O/c1-19-17-25(31-34-19)23-7-6-20-12-15-33(16-13-22(20)18-23)14-4-3-5-26-29-30-27(32(26)2)21-8-10-24(28)11-9-21/h6-11,17-18H,3-5,12-16H2,1-2H3. The molecule has 2 aromatic heterocycles. The van der Waals surface area contributed by atoms with E-state index in [0.29, 0.717) is 0 Å². The summed E-state index contributed by atoms with van der Waals surface area (Å²) in [5.74, 6) is 2.34. The van der Waals surface area contributed by atoms with Gasteiger partial charge in [-0.3, -0.25) is 0 Å². The topological polar surface area (TPSA) is 60.0 Å². The average molecular weight is 460 g/mol. The highest BCUT2D eigenvalue weighted by Crippen LogP contribution is 2.25. The van der Waals surface area contributed by atoms with Crippen LogP contribution in [0, 0.1) is 12.7 Å². The monoisotopic (exact) mass is 459 g/mol. The van der Waals surface area contributed by atoms with E-state index in [4.69, 9.17) is 4.52 Å². The Morgan fingerprint density at radius 1 is 0.912 bits per heavy atom. The number of fused-ring (bicyclic) bond motifs is 1. The van der Waals surface area contributed by atoms with Gasteiger partial charge in [0.2, 0.25) is 0 Å². The molecule has 2 aromatic carbocycles. The Bertz CT molecular complexity index is 1260. The van der Waals surface area contributed by atoms with Crippen LogP contribution in [0.4, 0.5) is 4.39 Å². The summed E-state index contributed by atoms with van der Waals surface area (Å²) in [7, 11) is 1.98. The number of rotatable bonds is 7. The molecule has 0 bridgehead atoms. The smallest absolute Gasteiger partial charge is 0.163 e. The van der Waals surface area contributed by atoms with Gasteiger partial charge in [-0.15, -0.1) is 10.2 Å². The van der Waals surface area contributed by atoms with E-state index in [2.05, 4.69) is 38.5 Å². The summed E-state index contributed by atoms with van der Waals surface area (Å²) in [6.45, 7) is 5.18. The molecule has 0 aliphatic carbocycles. The van der Waals surface area contributed by atoms with E-state index in [1.807, 2.05) is 24.6 Å². The summed E-state index contributed by atoms with van der Waals surface area (Å²) < 4.78 is 20.5. The quantitative estimate of drug-likeness (QED) is 0.364. The molecular formula is C27H30FN5O. The second-order valence-electron chi connectivity index (χ2n) is 9.11. The fourth-order valence-corrected chi connectivity index (χ4v) is 4.70. The molecule has 3 heterocycles. The Morgan fingerprint density at radius 2 is 1.68 bits per heavy atom. The van der Waals surface area contributed by atoms with Crippen LogP contribution in [-0.2, 0) is 26.3 Å². The van der Waals surface area contributed by atoms with Gasteiger partial charge in [0.05, 0.1) is 0 Å². The van der Waals surface area contributed by atoms with E-state index < -0.39 is 0 Å². The number of hydrogen-bond donors (Lipinski definition) is 0. The Hall–Kier alpha value is -3.32. The molecule has 34 heavy (non-hydrogen) atoms. The summed E-state index contributed by atoms with van der Waals surface area (Å²) in [4.78, 5) is 2.57. The zero-order chi connectivity index (χ0) is 23.5. The molecule has 7 heteroatoms. The zero-order valence-electron chi connectivity index (χ0n) is 19.8. The highest BCUT2D eigenvalue weighted by Gasteiger charge is 2.16. The molecule has 0 saturated heterocycles. The van der Waals surface area contributed by atoms with Gasteiger partial charge >= 0.3 is 0 Å². The molecule has 0 atom stereocenters. The first-order valence-corrected chi connectivity index (χ1v) is 12.0. The number of aryl methyl sites for hydroxylation is 2. The number of nitrogens with zero attached hydrogens (tertiary/aromatic N) is 5. The first kappa shape index (κ1) is 22.5.